The molecule has 0 bridgehead atoms. The van der Waals surface area contributed by atoms with Crippen LogP contribution in [0.3, 0.4) is 0 Å². The summed E-state index contributed by atoms with van der Waals surface area (Å²) >= 11 is 0. The Kier molecular flexibility index (Phi) is 2.86. The number of benzene rings is 1. The lowest BCUT2D eigenvalue weighted by molar-refractivity contribution is 0.987. The third kappa shape index (κ3) is 2.19. The molecular formula is C13H14N3. The maximum Gasteiger partial charge on any atom is 0.230 e. The van der Waals surface area contributed by atoms with Crippen LogP contribution in [0.25, 0.3) is 0 Å². The highest BCUT2D eigenvalue weighted by atomic mass is 15.2. The van der Waals surface area contributed by atoms with Gasteiger partial charge < -0.3 is 4.90 Å². The van der Waals surface area contributed by atoms with Crippen LogP contribution < -0.4 is 4.90 Å². The molecule has 1 radical (unpaired) electrons. The van der Waals surface area contributed by atoms with E-state index in [0.29, 0.717) is 0 Å². The van der Waals surface area contributed by atoms with Gasteiger partial charge in [-0.3, -0.25) is 0 Å². The van der Waals surface area contributed by atoms with Gasteiger partial charge in [0.2, 0.25) is 5.95 Å². The standard InChI is InChI=1S/C13H14N3/c1-10-9-11(2)15-13(14-10)16(3)12-7-5-4-6-8-12/h5-9H,1-3H3. The van der Waals surface area contributed by atoms with Crippen molar-refractivity contribution >= 4 is 11.6 Å². The summed E-state index contributed by atoms with van der Waals surface area (Å²) in [5, 5.41) is 0. The minimum absolute atomic E-state index is 0.726. The Labute approximate surface area is 95.8 Å². The summed E-state index contributed by atoms with van der Waals surface area (Å²) in [6.45, 7) is 3.95. The van der Waals surface area contributed by atoms with Crippen LogP contribution in [0.4, 0.5) is 11.6 Å². The molecule has 0 fully saturated rings. The third-order valence-corrected chi connectivity index (χ3v) is 2.36. The number of rotatable bonds is 2. The van der Waals surface area contributed by atoms with Crippen molar-refractivity contribution in [1.82, 2.24) is 9.97 Å². The molecule has 0 atom stereocenters. The second-order valence-corrected chi connectivity index (χ2v) is 3.77. The van der Waals surface area contributed by atoms with Gasteiger partial charge in [-0.1, -0.05) is 12.1 Å². The predicted molar refractivity (Wildman–Crippen MR) is 64.8 cm³/mol. The highest BCUT2D eigenvalue weighted by molar-refractivity contribution is 5.55. The van der Waals surface area contributed by atoms with Crippen molar-refractivity contribution in [3.63, 3.8) is 0 Å². The van der Waals surface area contributed by atoms with Crippen molar-refractivity contribution in [3.05, 3.63) is 47.8 Å². The molecule has 0 saturated heterocycles. The zero-order valence-corrected chi connectivity index (χ0v) is 9.73. The molecule has 0 aliphatic heterocycles. The monoisotopic (exact) mass is 212 g/mol. The van der Waals surface area contributed by atoms with Crippen LogP contribution in [0.5, 0.6) is 0 Å². The fourth-order valence-electron chi connectivity index (χ4n) is 1.57. The van der Waals surface area contributed by atoms with E-state index in [1.165, 1.54) is 0 Å². The van der Waals surface area contributed by atoms with Crippen LogP contribution in [0.2, 0.25) is 0 Å². The summed E-state index contributed by atoms with van der Waals surface area (Å²) in [6.07, 6.45) is 0. The van der Waals surface area contributed by atoms with Crippen molar-refractivity contribution < 1.29 is 0 Å². The third-order valence-electron chi connectivity index (χ3n) is 2.36. The van der Waals surface area contributed by atoms with Crippen LogP contribution in [-0.2, 0) is 0 Å². The van der Waals surface area contributed by atoms with Gasteiger partial charge >= 0.3 is 0 Å². The van der Waals surface area contributed by atoms with Gasteiger partial charge in [0.1, 0.15) is 0 Å². The fourth-order valence-corrected chi connectivity index (χ4v) is 1.57. The van der Waals surface area contributed by atoms with E-state index in [4.69, 9.17) is 0 Å². The van der Waals surface area contributed by atoms with Crippen molar-refractivity contribution in [2.45, 2.75) is 13.8 Å². The van der Waals surface area contributed by atoms with Crippen molar-refractivity contribution in [2.24, 2.45) is 0 Å². The first-order valence-electron chi connectivity index (χ1n) is 5.19. The quantitative estimate of drug-likeness (QED) is 0.766. The van der Waals surface area contributed by atoms with E-state index in [2.05, 4.69) is 16.0 Å². The van der Waals surface area contributed by atoms with Crippen LogP contribution in [0, 0.1) is 19.9 Å². The summed E-state index contributed by atoms with van der Waals surface area (Å²) in [5.74, 6) is 0.726. The zero-order valence-electron chi connectivity index (χ0n) is 9.73. The molecule has 3 heteroatoms. The second kappa shape index (κ2) is 4.31. The van der Waals surface area contributed by atoms with E-state index in [1.807, 2.05) is 56.1 Å². The van der Waals surface area contributed by atoms with E-state index in [-0.39, 0.29) is 0 Å². The molecule has 0 amide bonds. The van der Waals surface area contributed by atoms with Gasteiger partial charge in [-0.2, -0.15) is 0 Å². The molecule has 2 aromatic rings. The van der Waals surface area contributed by atoms with Crippen LogP contribution in [0.15, 0.2) is 30.3 Å². The Bertz CT molecular complexity index is 460. The number of aromatic nitrogens is 2. The van der Waals surface area contributed by atoms with Gasteiger partial charge in [0.25, 0.3) is 0 Å². The van der Waals surface area contributed by atoms with Gasteiger partial charge in [-0.15, -0.1) is 0 Å². The van der Waals surface area contributed by atoms with Gasteiger partial charge in [0.15, 0.2) is 0 Å². The molecule has 81 valence electrons. The van der Waals surface area contributed by atoms with Crippen LogP contribution in [-0.4, -0.2) is 17.0 Å². The highest BCUT2D eigenvalue weighted by Gasteiger charge is 2.07. The molecule has 0 saturated carbocycles. The zero-order chi connectivity index (χ0) is 11.5. The topological polar surface area (TPSA) is 29.0 Å². The molecule has 16 heavy (non-hydrogen) atoms. The molecule has 0 aliphatic rings. The van der Waals surface area contributed by atoms with Gasteiger partial charge in [0.05, 0.1) is 0 Å². The summed E-state index contributed by atoms with van der Waals surface area (Å²) in [4.78, 5) is 10.8. The van der Waals surface area contributed by atoms with E-state index in [0.717, 1.165) is 23.0 Å². The summed E-state index contributed by atoms with van der Waals surface area (Å²) in [5.41, 5.74) is 3.03. The van der Waals surface area contributed by atoms with Crippen molar-refractivity contribution in [2.75, 3.05) is 11.9 Å². The molecular weight excluding hydrogens is 198 g/mol. The van der Waals surface area contributed by atoms with E-state index >= 15 is 0 Å². The molecule has 0 aliphatic carbocycles. The maximum atomic E-state index is 4.41. The SMILES string of the molecule is Cc1cc(C)nc(N(C)c2cc[c]cc2)n1. The predicted octanol–water partition coefficient (Wildman–Crippen LogP) is 2.66. The lowest BCUT2D eigenvalue weighted by Gasteiger charge is -2.17. The Hall–Kier alpha value is -1.90. The number of hydrogen-bond donors (Lipinski definition) is 0. The molecule has 0 unspecified atom stereocenters. The fraction of sp³-hybridized carbons (Fsp3) is 0.231. The average Bonchev–Trinajstić information content (AvgIpc) is 2.28. The maximum absolute atomic E-state index is 4.41. The van der Waals surface area contributed by atoms with Crippen molar-refractivity contribution in [3.8, 4) is 0 Å². The largest absolute Gasteiger partial charge is 0.314 e. The van der Waals surface area contributed by atoms with Crippen molar-refractivity contribution in [1.29, 1.82) is 0 Å². The van der Waals surface area contributed by atoms with E-state index in [9.17, 15) is 0 Å². The first kappa shape index (κ1) is 10.6. The summed E-state index contributed by atoms with van der Waals surface area (Å²) in [6, 6.07) is 12.7. The van der Waals surface area contributed by atoms with Gasteiger partial charge in [0, 0.05) is 24.1 Å². The molecule has 0 spiro atoms. The number of nitrogens with zero attached hydrogens (tertiary/aromatic N) is 3. The van der Waals surface area contributed by atoms with Gasteiger partial charge in [-0.25, -0.2) is 9.97 Å². The Morgan fingerprint density at radius 3 is 2.19 bits per heavy atom. The summed E-state index contributed by atoms with van der Waals surface area (Å²) in [7, 11) is 1.96. The molecule has 1 heterocycles. The molecule has 1 aromatic carbocycles. The number of aryl methyl sites for hydroxylation is 2. The minimum atomic E-state index is 0.726. The normalized spacial score (nSPS) is 10.2. The Morgan fingerprint density at radius 1 is 1.06 bits per heavy atom. The van der Waals surface area contributed by atoms with E-state index in [1.54, 1.807) is 0 Å². The molecule has 1 aromatic heterocycles. The number of hydrogen-bond acceptors (Lipinski definition) is 3. The molecule has 3 nitrogen and oxygen atoms in total. The average molecular weight is 212 g/mol. The Morgan fingerprint density at radius 2 is 1.62 bits per heavy atom. The lowest BCUT2D eigenvalue weighted by atomic mass is 10.3. The van der Waals surface area contributed by atoms with Crippen LogP contribution in [0.1, 0.15) is 11.4 Å². The summed E-state index contributed by atoms with van der Waals surface area (Å²) < 4.78 is 0. The molecule has 0 N–H and O–H groups in total. The van der Waals surface area contributed by atoms with E-state index < -0.39 is 0 Å². The lowest BCUT2D eigenvalue weighted by Crippen LogP contribution is -2.13. The minimum Gasteiger partial charge on any atom is -0.314 e. The first-order valence-corrected chi connectivity index (χ1v) is 5.19. The first-order chi connectivity index (χ1) is 7.66. The smallest absolute Gasteiger partial charge is 0.230 e. The van der Waals surface area contributed by atoms with Crippen LogP contribution >= 0.6 is 0 Å². The Balaban J connectivity index is 2.37. The number of anilines is 2. The highest BCUT2D eigenvalue weighted by Crippen LogP contribution is 2.19. The molecule has 2 rings (SSSR count). The second-order valence-electron chi connectivity index (χ2n) is 3.77. The van der Waals surface area contributed by atoms with Gasteiger partial charge in [-0.05, 0) is 38.1 Å².